The molecule has 1 saturated heterocycles. The molecule has 2 atom stereocenters. The number of hydrogen-bond donors (Lipinski definition) is 5. The Morgan fingerprint density at radius 3 is 1.98 bits per heavy atom. The molecule has 19 heteroatoms. The first kappa shape index (κ1) is 41.6. The Kier molecular flexibility index (Phi) is 15.8. The zero-order chi connectivity index (χ0) is 37.6. The van der Waals surface area contributed by atoms with Gasteiger partial charge < -0.3 is 26.6 Å². The van der Waals surface area contributed by atoms with Gasteiger partial charge in [-0.2, -0.15) is 26.3 Å². The van der Waals surface area contributed by atoms with E-state index in [9.17, 15) is 35.9 Å². The summed E-state index contributed by atoms with van der Waals surface area (Å²) in [6.07, 6.45) is -6.60. The standard InChI is InChI=1S/C27H29Cl2N5O2.2C2HF3O2/c28-21-10-8-19(13-22(21)29)14-23(26(35)32-16-20-9-11-25(30)31-15-20)33-27(36)24-7-4-12-34(24)17-18-5-2-1-3-6-18;2*3-2(4,5)1(6)7/h1-3,5-6,8-11,13,15,23-24H,4,7,12,14,16-17H2,(H2,30,31)(H,32,35)(H,33,36);2*(H,6,7)/t23-,24+;;/m0../s1. The molecule has 0 radical (unpaired) electrons. The van der Waals surface area contributed by atoms with E-state index in [4.69, 9.17) is 48.7 Å². The monoisotopic (exact) mass is 753 g/mol. The highest BCUT2D eigenvalue weighted by Gasteiger charge is 2.39. The largest absolute Gasteiger partial charge is 0.490 e. The van der Waals surface area contributed by atoms with Gasteiger partial charge in [-0.3, -0.25) is 14.5 Å². The predicted octanol–water partition coefficient (Wildman–Crippen LogP) is 5.25. The molecule has 0 aliphatic carbocycles. The maximum atomic E-state index is 13.4. The lowest BCUT2D eigenvalue weighted by Crippen LogP contribution is -2.52. The van der Waals surface area contributed by atoms with Gasteiger partial charge in [0.25, 0.3) is 0 Å². The number of nitrogens with one attached hydrogen (secondary N) is 2. The fraction of sp³-hybridized carbons (Fsp3) is 0.323. The first-order chi connectivity index (χ1) is 23.3. The van der Waals surface area contributed by atoms with Crippen LogP contribution in [0.15, 0.2) is 66.9 Å². The van der Waals surface area contributed by atoms with Crippen molar-refractivity contribution in [3.05, 3.63) is 93.6 Å². The van der Waals surface area contributed by atoms with Gasteiger partial charge in [-0.25, -0.2) is 14.6 Å². The lowest BCUT2D eigenvalue weighted by molar-refractivity contribution is -0.193. The number of halogens is 8. The number of likely N-dealkylation sites (tertiary alicyclic amines) is 1. The molecule has 1 aromatic heterocycles. The summed E-state index contributed by atoms with van der Waals surface area (Å²) < 4.78 is 63.5. The fourth-order valence-electron chi connectivity index (χ4n) is 4.36. The van der Waals surface area contributed by atoms with Gasteiger partial charge in [0.15, 0.2) is 0 Å². The van der Waals surface area contributed by atoms with Crippen LogP contribution in [0.3, 0.4) is 0 Å². The number of carbonyl (C=O) groups excluding carboxylic acids is 2. The van der Waals surface area contributed by atoms with E-state index in [0.29, 0.717) is 22.4 Å². The molecule has 1 fully saturated rings. The molecule has 0 bridgehead atoms. The second-order valence-electron chi connectivity index (χ2n) is 10.5. The molecule has 0 spiro atoms. The van der Waals surface area contributed by atoms with E-state index in [1.54, 1.807) is 30.5 Å². The molecule has 2 aromatic carbocycles. The molecule has 0 unspecified atom stereocenters. The highest BCUT2D eigenvalue weighted by Crippen LogP contribution is 2.24. The Labute approximate surface area is 291 Å². The van der Waals surface area contributed by atoms with E-state index in [0.717, 1.165) is 36.1 Å². The Morgan fingerprint density at radius 2 is 1.46 bits per heavy atom. The fourth-order valence-corrected chi connectivity index (χ4v) is 4.68. The maximum absolute atomic E-state index is 13.4. The number of carboxylic acids is 2. The third-order valence-corrected chi connectivity index (χ3v) is 7.49. The molecule has 11 nitrogen and oxygen atoms in total. The number of pyridine rings is 1. The van der Waals surface area contributed by atoms with Gasteiger partial charge in [0.2, 0.25) is 11.8 Å². The zero-order valence-electron chi connectivity index (χ0n) is 25.8. The number of nitrogens with two attached hydrogens (primary N) is 1. The van der Waals surface area contributed by atoms with Gasteiger partial charge in [-0.1, -0.05) is 65.7 Å². The Morgan fingerprint density at radius 1 is 0.880 bits per heavy atom. The van der Waals surface area contributed by atoms with Crippen LogP contribution < -0.4 is 16.4 Å². The molecule has 4 rings (SSSR count). The Bertz CT molecular complexity index is 1570. The number of benzene rings is 2. The number of anilines is 1. The molecule has 2 heterocycles. The highest BCUT2D eigenvalue weighted by molar-refractivity contribution is 6.42. The van der Waals surface area contributed by atoms with E-state index in [2.05, 4.69) is 32.7 Å². The smallest absolute Gasteiger partial charge is 0.475 e. The van der Waals surface area contributed by atoms with Crippen molar-refractivity contribution < 1.29 is 55.7 Å². The minimum atomic E-state index is -5.08. The number of aromatic nitrogens is 1. The quantitative estimate of drug-likeness (QED) is 0.183. The molecule has 50 heavy (non-hydrogen) atoms. The van der Waals surface area contributed by atoms with Crippen LogP contribution in [0.5, 0.6) is 0 Å². The molecular weight excluding hydrogens is 723 g/mol. The zero-order valence-corrected chi connectivity index (χ0v) is 27.3. The van der Waals surface area contributed by atoms with E-state index in [1.165, 1.54) is 0 Å². The molecule has 272 valence electrons. The number of nitrogen functional groups attached to an aromatic ring is 1. The molecular formula is C31H31Cl2F6N5O6. The summed E-state index contributed by atoms with van der Waals surface area (Å²) in [6.45, 7) is 1.79. The molecule has 2 amide bonds. The van der Waals surface area contributed by atoms with E-state index >= 15 is 0 Å². The summed E-state index contributed by atoms with van der Waals surface area (Å²) in [6, 6.07) is 17.7. The van der Waals surface area contributed by atoms with Crippen LogP contribution in [-0.4, -0.2) is 74.8 Å². The topological polar surface area (TPSA) is 175 Å². The molecule has 1 aliphatic heterocycles. The van der Waals surface area contributed by atoms with Crippen molar-refractivity contribution in [1.82, 2.24) is 20.5 Å². The van der Waals surface area contributed by atoms with Crippen molar-refractivity contribution in [3.8, 4) is 0 Å². The lowest BCUT2D eigenvalue weighted by atomic mass is 10.0. The second kappa shape index (κ2) is 19.0. The van der Waals surface area contributed by atoms with E-state index < -0.39 is 30.3 Å². The minimum absolute atomic E-state index is 0.155. The van der Waals surface area contributed by atoms with Crippen LogP contribution in [0.1, 0.15) is 29.5 Å². The summed E-state index contributed by atoms with van der Waals surface area (Å²) >= 11 is 12.3. The summed E-state index contributed by atoms with van der Waals surface area (Å²) in [5, 5.41) is 21.0. The SMILES string of the molecule is Nc1ccc(CNC(=O)[C@H](Cc2ccc(Cl)c(Cl)c2)NC(=O)[C@H]2CCCN2Cc2ccccc2)cn1.O=C(O)C(F)(F)F.O=C(O)C(F)(F)F. The van der Waals surface area contributed by atoms with Crippen LogP contribution >= 0.6 is 23.2 Å². The molecule has 6 N–H and O–H groups in total. The molecule has 3 aromatic rings. The maximum Gasteiger partial charge on any atom is 0.490 e. The van der Waals surface area contributed by atoms with Crippen molar-refractivity contribution in [3.63, 3.8) is 0 Å². The number of hydrogen-bond acceptors (Lipinski definition) is 7. The number of alkyl halides is 6. The average molecular weight is 755 g/mol. The average Bonchev–Trinajstić information content (AvgIpc) is 3.50. The summed E-state index contributed by atoms with van der Waals surface area (Å²) in [5.41, 5.74) is 8.40. The summed E-state index contributed by atoms with van der Waals surface area (Å²) in [7, 11) is 0. The van der Waals surface area contributed by atoms with Gasteiger partial charge in [0, 0.05) is 25.7 Å². The van der Waals surface area contributed by atoms with Crippen LogP contribution in [0.25, 0.3) is 0 Å². The van der Waals surface area contributed by atoms with Crippen molar-refractivity contribution in [2.45, 2.75) is 56.8 Å². The highest BCUT2D eigenvalue weighted by atomic mass is 35.5. The minimum Gasteiger partial charge on any atom is -0.475 e. The van der Waals surface area contributed by atoms with Crippen LogP contribution in [0.4, 0.5) is 32.2 Å². The second-order valence-corrected chi connectivity index (χ2v) is 11.4. The first-order valence-corrected chi connectivity index (χ1v) is 15.1. The van der Waals surface area contributed by atoms with Crippen molar-refractivity contribution in [2.24, 2.45) is 0 Å². The van der Waals surface area contributed by atoms with Crippen LogP contribution in [0.2, 0.25) is 10.0 Å². The van der Waals surface area contributed by atoms with Gasteiger partial charge >= 0.3 is 24.3 Å². The number of aliphatic carboxylic acids is 2. The van der Waals surface area contributed by atoms with Gasteiger partial charge in [-0.05, 0) is 54.3 Å². The summed E-state index contributed by atoms with van der Waals surface area (Å²) in [4.78, 5) is 50.6. The van der Waals surface area contributed by atoms with Gasteiger partial charge in [-0.15, -0.1) is 0 Å². The van der Waals surface area contributed by atoms with Crippen LogP contribution in [-0.2, 0) is 38.7 Å². The number of carbonyl (C=O) groups is 4. The van der Waals surface area contributed by atoms with Crippen molar-refractivity contribution in [2.75, 3.05) is 12.3 Å². The number of rotatable bonds is 9. The number of carboxylic acid groups (broad SMARTS) is 2. The van der Waals surface area contributed by atoms with Gasteiger partial charge in [0.05, 0.1) is 16.1 Å². The Hall–Kier alpha value is -4.61. The van der Waals surface area contributed by atoms with Crippen molar-refractivity contribution in [1.29, 1.82) is 0 Å². The number of nitrogens with zero attached hydrogens (tertiary/aromatic N) is 2. The van der Waals surface area contributed by atoms with E-state index in [-0.39, 0.29) is 30.8 Å². The van der Waals surface area contributed by atoms with E-state index in [1.807, 2.05) is 24.3 Å². The predicted molar refractivity (Wildman–Crippen MR) is 170 cm³/mol. The first-order valence-electron chi connectivity index (χ1n) is 14.4. The summed E-state index contributed by atoms with van der Waals surface area (Å²) in [5.74, 6) is -5.55. The third kappa shape index (κ3) is 14.5. The van der Waals surface area contributed by atoms with Gasteiger partial charge in [0.1, 0.15) is 11.9 Å². The molecule has 1 aliphatic rings. The Balaban J connectivity index is 0.000000521. The van der Waals surface area contributed by atoms with Crippen LogP contribution in [0, 0.1) is 0 Å². The lowest BCUT2D eigenvalue weighted by Gasteiger charge is -2.26. The third-order valence-electron chi connectivity index (χ3n) is 6.75. The normalized spacial score (nSPS) is 15.0. The molecule has 0 saturated carbocycles. The van der Waals surface area contributed by atoms with Crippen molar-refractivity contribution >= 4 is 52.8 Å². The number of amides is 2.